The van der Waals surface area contributed by atoms with Gasteiger partial charge in [0, 0.05) is 17.1 Å². The normalized spacial score (nSPS) is 9.90. The van der Waals surface area contributed by atoms with E-state index in [0.717, 1.165) is 5.56 Å². The Morgan fingerprint density at radius 1 is 1.50 bits per heavy atom. The fourth-order valence-electron chi connectivity index (χ4n) is 0.456. The fourth-order valence-corrected chi connectivity index (χ4v) is 1.40. The molecule has 0 unspecified atom stereocenters. The predicted octanol–water partition coefficient (Wildman–Crippen LogP) is 2.68. The molecule has 0 saturated heterocycles. The highest BCUT2D eigenvalue weighted by atomic mass is 79.9. The minimum atomic E-state index is 0.176. The summed E-state index contributed by atoms with van der Waals surface area (Å²) in [7, 11) is 0. The van der Waals surface area contributed by atoms with Crippen molar-refractivity contribution in [2.24, 2.45) is 0 Å². The molecule has 0 spiro atoms. The van der Waals surface area contributed by atoms with E-state index in [0.29, 0.717) is 10.5 Å². The minimum Gasteiger partial charge on any atom is -0.226 e. The fraction of sp³-hybridized carbons (Fsp3) is 0.200. The molecule has 0 N–H and O–H groups in total. The largest absolute Gasteiger partial charge is 0.226 e. The molecule has 1 heterocycles. The molecule has 0 saturated carbocycles. The monoisotopic (exact) mass is 240 g/mol. The first-order valence-electron chi connectivity index (χ1n) is 2.47. The van der Waals surface area contributed by atoms with Crippen LogP contribution in [-0.4, -0.2) is 9.97 Å². The molecule has 1 rings (SSSR count). The van der Waals surface area contributed by atoms with E-state index in [2.05, 4.69) is 25.9 Å². The van der Waals surface area contributed by atoms with E-state index < -0.39 is 0 Å². The average Bonchev–Trinajstić information content (AvgIpc) is 1.88. The van der Waals surface area contributed by atoms with Gasteiger partial charge in [-0.2, -0.15) is 0 Å². The molecule has 0 aromatic carbocycles. The van der Waals surface area contributed by atoms with Gasteiger partial charge in [-0.25, -0.2) is 9.97 Å². The van der Waals surface area contributed by atoms with Crippen molar-refractivity contribution in [1.29, 1.82) is 0 Å². The van der Waals surface area contributed by atoms with Gasteiger partial charge in [0.25, 0.3) is 0 Å². The van der Waals surface area contributed by atoms with Crippen molar-refractivity contribution in [2.45, 2.75) is 5.33 Å². The molecule has 10 heavy (non-hydrogen) atoms. The Balaban J connectivity index is 3.07. The van der Waals surface area contributed by atoms with E-state index in [-0.39, 0.29) is 5.28 Å². The van der Waals surface area contributed by atoms with Crippen LogP contribution in [0, 0.1) is 0 Å². The van der Waals surface area contributed by atoms with Crippen LogP contribution in [0.3, 0.4) is 0 Å². The van der Waals surface area contributed by atoms with Gasteiger partial charge in [-0.3, -0.25) is 0 Å². The van der Waals surface area contributed by atoms with Crippen molar-refractivity contribution in [2.75, 3.05) is 0 Å². The third kappa shape index (κ3) is 1.81. The Hall–Kier alpha value is 0.140. The van der Waals surface area contributed by atoms with E-state index in [4.69, 9.17) is 23.2 Å². The van der Waals surface area contributed by atoms with E-state index in [1.54, 1.807) is 6.20 Å². The summed E-state index contributed by atoms with van der Waals surface area (Å²) in [6.07, 6.45) is 1.59. The number of hydrogen-bond donors (Lipinski definition) is 0. The van der Waals surface area contributed by atoms with Gasteiger partial charge in [-0.15, -0.1) is 0 Å². The van der Waals surface area contributed by atoms with E-state index >= 15 is 0 Å². The molecular formula is C5H3BrCl2N2. The number of hydrogen-bond acceptors (Lipinski definition) is 2. The van der Waals surface area contributed by atoms with Gasteiger partial charge in [0.2, 0.25) is 5.28 Å². The van der Waals surface area contributed by atoms with Crippen LogP contribution in [0.4, 0.5) is 0 Å². The zero-order valence-electron chi connectivity index (χ0n) is 4.81. The molecule has 0 atom stereocenters. The molecule has 0 fully saturated rings. The Labute approximate surface area is 76.7 Å². The molecule has 2 nitrogen and oxygen atoms in total. The molecule has 0 radical (unpaired) electrons. The maximum atomic E-state index is 5.66. The standard InChI is InChI=1S/C5H3BrCl2N2/c6-1-3-2-9-5(8)10-4(3)7/h2H,1H2. The molecule has 0 aliphatic heterocycles. The molecule has 0 aliphatic carbocycles. The Morgan fingerprint density at radius 3 is 2.70 bits per heavy atom. The number of nitrogens with zero attached hydrogens (tertiary/aromatic N) is 2. The second-order valence-electron chi connectivity index (χ2n) is 1.59. The summed E-state index contributed by atoms with van der Waals surface area (Å²) >= 11 is 14.3. The zero-order valence-corrected chi connectivity index (χ0v) is 7.91. The van der Waals surface area contributed by atoms with Gasteiger partial charge in [0.15, 0.2) is 0 Å². The van der Waals surface area contributed by atoms with Crippen molar-refractivity contribution in [3.63, 3.8) is 0 Å². The lowest BCUT2D eigenvalue weighted by Gasteiger charge is -1.95. The Bertz CT molecular complexity index is 241. The first-order chi connectivity index (χ1) is 4.74. The predicted molar refractivity (Wildman–Crippen MR) is 44.7 cm³/mol. The molecule has 0 aliphatic rings. The quantitative estimate of drug-likeness (QED) is 0.429. The lowest BCUT2D eigenvalue weighted by Crippen LogP contribution is -1.87. The number of aromatic nitrogens is 2. The number of halogens is 3. The molecular weight excluding hydrogens is 239 g/mol. The van der Waals surface area contributed by atoms with Crippen molar-refractivity contribution >= 4 is 39.1 Å². The van der Waals surface area contributed by atoms with Crippen LogP contribution >= 0.6 is 39.1 Å². The highest BCUT2D eigenvalue weighted by molar-refractivity contribution is 9.08. The highest BCUT2D eigenvalue weighted by Crippen LogP contribution is 2.16. The van der Waals surface area contributed by atoms with Crippen LogP contribution in [0.1, 0.15) is 5.56 Å². The third-order valence-electron chi connectivity index (χ3n) is 0.926. The van der Waals surface area contributed by atoms with Crippen molar-refractivity contribution in [3.8, 4) is 0 Å². The number of alkyl halides is 1. The summed E-state index contributed by atoms with van der Waals surface area (Å²) in [5.74, 6) is 0. The molecule has 54 valence electrons. The summed E-state index contributed by atoms with van der Waals surface area (Å²) in [5.41, 5.74) is 0.839. The van der Waals surface area contributed by atoms with Crippen LogP contribution in [0.5, 0.6) is 0 Å². The van der Waals surface area contributed by atoms with Gasteiger partial charge in [-0.05, 0) is 11.6 Å². The second kappa shape index (κ2) is 3.51. The topological polar surface area (TPSA) is 25.8 Å². The average molecular weight is 242 g/mol. The lowest BCUT2D eigenvalue weighted by molar-refractivity contribution is 1.12. The van der Waals surface area contributed by atoms with Crippen LogP contribution < -0.4 is 0 Å². The summed E-state index contributed by atoms with van der Waals surface area (Å²) in [4.78, 5) is 7.48. The summed E-state index contributed by atoms with van der Waals surface area (Å²) in [6.45, 7) is 0. The smallest absolute Gasteiger partial charge is 0.223 e. The SMILES string of the molecule is Clc1ncc(CBr)c(Cl)n1. The van der Waals surface area contributed by atoms with Crippen LogP contribution in [-0.2, 0) is 5.33 Å². The van der Waals surface area contributed by atoms with Gasteiger partial charge in [0.05, 0.1) is 0 Å². The van der Waals surface area contributed by atoms with Crippen LogP contribution in [0.2, 0.25) is 10.4 Å². The Morgan fingerprint density at radius 2 is 2.20 bits per heavy atom. The molecule has 0 bridgehead atoms. The van der Waals surface area contributed by atoms with Crippen molar-refractivity contribution in [1.82, 2.24) is 9.97 Å². The van der Waals surface area contributed by atoms with Gasteiger partial charge >= 0.3 is 0 Å². The van der Waals surface area contributed by atoms with Gasteiger partial charge in [-0.1, -0.05) is 27.5 Å². The maximum absolute atomic E-state index is 5.66. The zero-order chi connectivity index (χ0) is 7.56. The molecule has 1 aromatic heterocycles. The second-order valence-corrected chi connectivity index (χ2v) is 2.85. The molecule has 1 aromatic rings. The Kier molecular flexibility index (Phi) is 2.89. The first kappa shape index (κ1) is 8.24. The number of rotatable bonds is 1. The third-order valence-corrected chi connectivity index (χ3v) is 2.04. The van der Waals surface area contributed by atoms with E-state index in [1.165, 1.54) is 0 Å². The molecule has 5 heteroatoms. The lowest BCUT2D eigenvalue weighted by atomic mass is 10.4. The van der Waals surface area contributed by atoms with Crippen LogP contribution in [0.25, 0.3) is 0 Å². The van der Waals surface area contributed by atoms with E-state index in [1.807, 2.05) is 0 Å². The summed E-state index contributed by atoms with van der Waals surface area (Å²) in [5, 5.41) is 1.22. The van der Waals surface area contributed by atoms with Gasteiger partial charge < -0.3 is 0 Å². The van der Waals surface area contributed by atoms with E-state index in [9.17, 15) is 0 Å². The van der Waals surface area contributed by atoms with Crippen molar-refractivity contribution < 1.29 is 0 Å². The molecule has 0 amide bonds. The summed E-state index contributed by atoms with van der Waals surface area (Å²) in [6, 6.07) is 0. The highest BCUT2D eigenvalue weighted by Gasteiger charge is 2.00. The van der Waals surface area contributed by atoms with Crippen LogP contribution in [0.15, 0.2) is 6.20 Å². The van der Waals surface area contributed by atoms with Crippen molar-refractivity contribution in [3.05, 3.63) is 22.2 Å². The minimum absolute atomic E-state index is 0.176. The van der Waals surface area contributed by atoms with Gasteiger partial charge in [0.1, 0.15) is 5.15 Å². The summed E-state index contributed by atoms with van der Waals surface area (Å²) < 4.78 is 0. The first-order valence-corrected chi connectivity index (χ1v) is 4.34. The maximum Gasteiger partial charge on any atom is 0.223 e.